The van der Waals surface area contributed by atoms with Crippen LogP contribution in [0.4, 0.5) is 5.82 Å². The molecule has 0 aliphatic carbocycles. The molecule has 7 heteroatoms. The fourth-order valence-electron chi connectivity index (χ4n) is 2.30. The van der Waals surface area contributed by atoms with E-state index in [1.807, 2.05) is 0 Å². The van der Waals surface area contributed by atoms with Crippen LogP contribution < -0.4 is 10.6 Å². The third-order valence-corrected chi connectivity index (χ3v) is 4.71. The summed E-state index contributed by atoms with van der Waals surface area (Å²) < 4.78 is 0. The molecule has 20 heavy (non-hydrogen) atoms. The Morgan fingerprint density at radius 1 is 1.55 bits per heavy atom. The fourth-order valence-corrected chi connectivity index (χ4v) is 3.49. The van der Waals surface area contributed by atoms with Crippen molar-refractivity contribution in [1.29, 1.82) is 0 Å². The molecule has 2 aromatic rings. The highest BCUT2D eigenvalue weighted by atomic mass is 35.5. The van der Waals surface area contributed by atoms with E-state index >= 15 is 0 Å². The largest absolute Gasteiger partial charge is 0.367 e. The molecule has 1 aliphatic heterocycles. The molecule has 1 atom stereocenters. The summed E-state index contributed by atoms with van der Waals surface area (Å²) in [6.45, 7) is 2.77. The lowest BCUT2D eigenvalue weighted by Crippen LogP contribution is -2.32. The van der Waals surface area contributed by atoms with Crippen LogP contribution in [0.1, 0.15) is 24.6 Å². The van der Waals surface area contributed by atoms with Crippen LogP contribution in [0.5, 0.6) is 0 Å². The van der Waals surface area contributed by atoms with Crippen molar-refractivity contribution in [2.45, 2.75) is 32.2 Å². The zero-order valence-corrected chi connectivity index (χ0v) is 12.6. The predicted octanol–water partition coefficient (Wildman–Crippen LogP) is 2.60. The number of aryl methyl sites for hydroxylation is 1. The van der Waals surface area contributed by atoms with Gasteiger partial charge in [0.25, 0.3) is 0 Å². The Morgan fingerprint density at radius 2 is 2.40 bits per heavy atom. The number of aromatic nitrogens is 2. The second-order valence-corrected chi connectivity index (χ2v) is 6.26. The minimum Gasteiger partial charge on any atom is -0.367 e. The third-order valence-electron chi connectivity index (χ3n) is 3.37. The summed E-state index contributed by atoms with van der Waals surface area (Å²) in [5, 5.41) is 7.46. The average molecular weight is 311 g/mol. The highest BCUT2D eigenvalue weighted by Crippen LogP contribution is 2.30. The Labute approximate surface area is 125 Å². The van der Waals surface area contributed by atoms with Crippen LogP contribution in [0, 0.1) is 0 Å². The zero-order chi connectivity index (χ0) is 14.1. The minimum atomic E-state index is 0.117. The van der Waals surface area contributed by atoms with Gasteiger partial charge in [0.05, 0.1) is 5.39 Å². The van der Waals surface area contributed by atoms with E-state index in [2.05, 4.69) is 33.6 Å². The van der Waals surface area contributed by atoms with Crippen LogP contribution in [0.25, 0.3) is 10.2 Å². The maximum atomic E-state index is 11.2. The van der Waals surface area contributed by atoms with Gasteiger partial charge in [-0.05, 0) is 30.5 Å². The van der Waals surface area contributed by atoms with E-state index in [4.69, 9.17) is 11.6 Å². The summed E-state index contributed by atoms with van der Waals surface area (Å²) in [6, 6.07) is 2.27. The number of nitrogens with zero attached hydrogens (tertiary/aromatic N) is 2. The van der Waals surface area contributed by atoms with Gasteiger partial charge in [-0.1, -0.05) is 6.92 Å². The molecule has 1 unspecified atom stereocenters. The normalized spacial score (nSPS) is 18.5. The van der Waals surface area contributed by atoms with Crippen LogP contribution in [0.15, 0.2) is 6.07 Å². The van der Waals surface area contributed by atoms with Crippen molar-refractivity contribution in [3.8, 4) is 0 Å². The predicted molar refractivity (Wildman–Crippen MR) is 81.5 cm³/mol. The van der Waals surface area contributed by atoms with Crippen molar-refractivity contribution in [2.24, 2.45) is 0 Å². The molecule has 0 spiro atoms. The first-order chi connectivity index (χ1) is 9.65. The van der Waals surface area contributed by atoms with Crippen LogP contribution in [0.3, 0.4) is 0 Å². The van der Waals surface area contributed by atoms with Crippen molar-refractivity contribution in [1.82, 2.24) is 15.3 Å². The van der Waals surface area contributed by atoms with E-state index in [0.717, 1.165) is 28.9 Å². The van der Waals surface area contributed by atoms with Crippen LogP contribution >= 0.6 is 22.9 Å². The van der Waals surface area contributed by atoms with Crippen molar-refractivity contribution >= 4 is 44.9 Å². The first-order valence-corrected chi connectivity index (χ1v) is 7.84. The van der Waals surface area contributed by atoms with Gasteiger partial charge in [-0.25, -0.2) is 9.97 Å². The Kier molecular flexibility index (Phi) is 3.76. The SMILES string of the molecule is CCc1cc2c(NCC3CCC(=O)N3)nc(Cl)nc2s1. The molecule has 0 saturated carbocycles. The third kappa shape index (κ3) is 2.71. The van der Waals surface area contributed by atoms with Crippen LogP contribution in [-0.2, 0) is 11.2 Å². The van der Waals surface area contributed by atoms with Gasteiger partial charge in [0.1, 0.15) is 10.6 Å². The van der Waals surface area contributed by atoms with E-state index in [1.54, 1.807) is 11.3 Å². The zero-order valence-electron chi connectivity index (χ0n) is 11.1. The molecule has 5 nitrogen and oxygen atoms in total. The maximum absolute atomic E-state index is 11.2. The molecule has 2 aromatic heterocycles. The van der Waals surface area contributed by atoms with E-state index in [1.165, 1.54) is 4.88 Å². The summed E-state index contributed by atoms with van der Waals surface area (Å²) in [7, 11) is 0. The first-order valence-electron chi connectivity index (χ1n) is 6.65. The number of hydrogen-bond acceptors (Lipinski definition) is 5. The number of amides is 1. The van der Waals surface area contributed by atoms with Gasteiger partial charge < -0.3 is 10.6 Å². The molecule has 1 amide bonds. The van der Waals surface area contributed by atoms with E-state index < -0.39 is 0 Å². The lowest BCUT2D eigenvalue weighted by Gasteiger charge is -2.12. The molecule has 1 fully saturated rings. The number of thiophene rings is 1. The van der Waals surface area contributed by atoms with Gasteiger partial charge in [-0.2, -0.15) is 0 Å². The van der Waals surface area contributed by atoms with Crippen molar-refractivity contribution < 1.29 is 4.79 Å². The van der Waals surface area contributed by atoms with Gasteiger partial charge in [-0.3, -0.25) is 4.79 Å². The van der Waals surface area contributed by atoms with Crippen LogP contribution in [0.2, 0.25) is 5.28 Å². The van der Waals surface area contributed by atoms with E-state index in [0.29, 0.717) is 13.0 Å². The fraction of sp³-hybridized carbons (Fsp3) is 0.462. The lowest BCUT2D eigenvalue weighted by atomic mass is 10.2. The molecule has 3 heterocycles. The van der Waals surface area contributed by atoms with Crippen LogP contribution in [-0.4, -0.2) is 28.5 Å². The quantitative estimate of drug-likeness (QED) is 0.852. The van der Waals surface area contributed by atoms with E-state index in [9.17, 15) is 4.79 Å². The number of carbonyl (C=O) groups excluding carboxylic acids is 1. The molecular formula is C13H15ClN4OS. The van der Waals surface area contributed by atoms with Gasteiger partial charge in [0.2, 0.25) is 11.2 Å². The number of anilines is 1. The molecule has 106 valence electrons. The van der Waals surface area contributed by atoms with Crippen molar-refractivity contribution in [2.75, 3.05) is 11.9 Å². The number of carbonyl (C=O) groups is 1. The molecule has 0 aromatic carbocycles. The highest BCUT2D eigenvalue weighted by molar-refractivity contribution is 7.18. The average Bonchev–Trinajstić information content (AvgIpc) is 3.01. The van der Waals surface area contributed by atoms with E-state index in [-0.39, 0.29) is 17.2 Å². The molecule has 0 bridgehead atoms. The number of fused-ring (bicyclic) bond motifs is 1. The number of nitrogens with one attached hydrogen (secondary N) is 2. The van der Waals surface area contributed by atoms with Gasteiger partial charge in [0, 0.05) is 23.9 Å². The maximum Gasteiger partial charge on any atom is 0.225 e. The first kappa shape index (κ1) is 13.6. The summed E-state index contributed by atoms with van der Waals surface area (Å²) in [4.78, 5) is 21.9. The Bertz CT molecular complexity index is 657. The molecular weight excluding hydrogens is 296 g/mol. The summed E-state index contributed by atoms with van der Waals surface area (Å²) in [6.07, 6.45) is 2.43. The summed E-state index contributed by atoms with van der Waals surface area (Å²) in [5.74, 6) is 0.864. The molecule has 1 aliphatic rings. The van der Waals surface area contributed by atoms with Gasteiger partial charge in [-0.15, -0.1) is 11.3 Å². The van der Waals surface area contributed by atoms with Crippen molar-refractivity contribution in [3.05, 3.63) is 16.2 Å². The second-order valence-electron chi connectivity index (χ2n) is 4.81. The standard InChI is InChI=1S/C13H15ClN4OS/c1-2-8-5-9-11(17-13(14)18-12(9)20-8)15-6-7-3-4-10(19)16-7/h5,7H,2-4,6H2,1H3,(H,16,19)(H,15,17,18). The Hall–Kier alpha value is -1.40. The minimum absolute atomic E-state index is 0.117. The topological polar surface area (TPSA) is 66.9 Å². The number of hydrogen-bond donors (Lipinski definition) is 2. The molecule has 0 radical (unpaired) electrons. The molecule has 1 saturated heterocycles. The number of rotatable bonds is 4. The Morgan fingerprint density at radius 3 is 3.10 bits per heavy atom. The van der Waals surface area contributed by atoms with Gasteiger partial charge in [0.15, 0.2) is 0 Å². The molecule has 3 rings (SSSR count). The van der Waals surface area contributed by atoms with Crippen molar-refractivity contribution in [3.63, 3.8) is 0 Å². The molecule has 2 N–H and O–H groups in total. The summed E-state index contributed by atoms with van der Waals surface area (Å²) >= 11 is 7.61. The smallest absolute Gasteiger partial charge is 0.225 e. The lowest BCUT2D eigenvalue weighted by molar-refractivity contribution is -0.119. The Balaban J connectivity index is 1.82. The number of halogens is 1. The van der Waals surface area contributed by atoms with Gasteiger partial charge >= 0.3 is 0 Å². The second kappa shape index (κ2) is 5.54. The summed E-state index contributed by atoms with van der Waals surface area (Å²) in [5.41, 5.74) is 0. The highest BCUT2D eigenvalue weighted by Gasteiger charge is 2.21. The monoisotopic (exact) mass is 310 g/mol.